The molecule has 0 bridgehead atoms. The summed E-state index contributed by atoms with van der Waals surface area (Å²) in [7, 11) is 3.30. The summed E-state index contributed by atoms with van der Waals surface area (Å²) in [5, 5.41) is 4.12. The number of hydrogen-bond acceptors (Lipinski definition) is 4. The number of fused-ring (bicyclic) bond motifs is 1. The van der Waals surface area contributed by atoms with Crippen LogP contribution < -0.4 is 10.2 Å². The molecule has 0 radical (unpaired) electrons. The largest absolute Gasteiger partial charge is 0.378 e. The second-order valence-electron chi connectivity index (χ2n) is 8.85. The van der Waals surface area contributed by atoms with Crippen LogP contribution in [0.1, 0.15) is 27.4 Å². The van der Waals surface area contributed by atoms with E-state index >= 15 is 0 Å². The van der Waals surface area contributed by atoms with Crippen LogP contribution in [0.3, 0.4) is 0 Å². The molecular weight excluding hydrogens is 460 g/mol. The van der Waals surface area contributed by atoms with Crippen molar-refractivity contribution < 1.29 is 13.2 Å². The van der Waals surface area contributed by atoms with Crippen molar-refractivity contribution in [3.63, 3.8) is 0 Å². The predicted octanol–water partition coefficient (Wildman–Crippen LogP) is 4.05. The standard InChI is InChI=1S/C27H30N4O3S/c1-30(2)21-14-12-19(13-15-21)24(25-18-28-26-11-6-5-10-23(25)26)17-29-27(32)20-8-7-9-22(16-20)35(33,34)31(3)4/h5-16,18,24,28H,17H2,1-4H3,(H,29,32)/t24-/m0/s1. The van der Waals surface area contributed by atoms with Gasteiger partial charge in [-0.05, 0) is 47.5 Å². The zero-order chi connectivity index (χ0) is 25.2. The molecular formula is C27H30N4O3S. The van der Waals surface area contributed by atoms with E-state index in [1.54, 1.807) is 12.1 Å². The quantitative estimate of drug-likeness (QED) is 0.390. The van der Waals surface area contributed by atoms with Crippen LogP contribution in [0, 0.1) is 0 Å². The first-order valence-corrected chi connectivity index (χ1v) is 12.8. The van der Waals surface area contributed by atoms with Gasteiger partial charge in [-0.3, -0.25) is 4.79 Å². The molecule has 4 aromatic rings. The maximum atomic E-state index is 13.1. The number of H-pyrrole nitrogens is 1. The maximum Gasteiger partial charge on any atom is 0.251 e. The average Bonchev–Trinajstić information content (AvgIpc) is 3.28. The lowest BCUT2D eigenvalue weighted by Crippen LogP contribution is -2.29. The van der Waals surface area contributed by atoms with Crippen LogP contribution in [0.25, 0.3) is 10.9 Å². The fourth-order valence-corrected chi connectivity index (χ4v) is 5.05. The van der Waals surface area contributed by atoms with E-state index in [2.05, 4.69) is 40.6 Å². The van der Waals surface area contributed by atoms with Gasteiger partial charge in [-0.2, -0.15) is 0 Å². The fourth-order valence-electron chi connectivity index (χ4n) is 4.10. The third-order valence-corrected chi connectivity index (χ3v) is 7.96. The topological polar surface area (TPSA) is 85.5 Å². The maximum absolute atomic E-state index is 13.1. The van der Waals surface area contributed by atoms with Crippen molar-refractivity contribution in [3.8, 4) is 0 Å². The minimum absolute atomic E-state index is 0.0857. The molecule has 35 heavy (non-hydrogen) atoms. The van der Waals surface area contributed by atoms with E-state index < -0.39 is 10.0 Å². The number of nitrogens with zero attached hydrogens (tertiary/aromatic N) is 2. The molecule has 0 aliphatic carbocycles. The summed E-state index contributed by atoms with van der Waals surface area (Å²) < 4.78 is 26.1. The molecule has 1 heterocycles. The number of sulfonamides is 1. The second kappa shape index (κ2) is 9.93. The summed E-state index contributed by atoms with van der Waals surface area (Å²) in [5.41, 5.74) is 4.58. The molecule has 0 saturated heterocycles. The first kappa shape index (κ1) is 24.5. The van der Waals surface area contributed by atoms with Gasteiger partial charge in [0.1, 0.15) is 0 Å². The molecule has 0 fully saturated rings. The molecule has 0 aliphatic rings. The van der Waals surface area contributed by atoms with Crippen molar-refractivity contribution in [2.24, 2.45) is 0 Å². The Morgan fingerprint density at radius 3 is 2.34 bits per heavy atom. The van der Waals surface area contributed by atoms with Gasteiger partial charge in [-0.25, -0.2) is 12.7 Å². The van der Waals surface area contributed by atoms with Crippen molar-refractivity contribution in [2.75, 3.05) is 39.6 Å². The van der Waals surface area contributed by atoms with Gasteiger partial charge in [0.15, 0.2) is 0 Å². The SMILES string of the molecule is CN(C)c1ccc([C@H](CNC(=O)c2cccc(S(=O)(=O)N(C)C)c2)c2c[nH]c3ccccc23)cc1. The van der Waals surface area contributed by atoms with E-state index in [-0.39, 0.29) is 16.7 Å². The number of carbonyl (C=O) groups excluding carboxylic acids is 1. The molecule has 0 unspecified atom stereocenters. The normalized spacial score (nSPS) is 12.6. The van der Waals surface area contributed by atoms with E-state index in [0.717, 1.165) is 32.0 Å². The monoisotopic (exact) mass is 490 g/mol. The lowest BCUT2D eigenvalue weighted by molar-refractivity contribution is 0.0952. The molecule has 7 nitrogen and oxygen atoms in total. The van der Waals surface area contributed by atoms with Crippen LogP contribution in [-0.4, -0.2) is 58.3 Å². The number of hydrogen-bond donors (Lipinski definition) is 2. The predicted molar refractivity (Wildman–Crippen MR) is 141 cm³/mol. The number of benzene rings is 3. The van der Waals surface area contributed by atoms with Gasteiger partial charge in [-0.1, -0.05) is 36.4 Å². The van der Waals surface area contributed by atoms with Crippen molar-refractivity contribution in [1.82, 2.24) is 14.6 Å². The van der Waals surface area contributed by atoms with E-state index in [9.17, 15) is 13.2 Å². The van der Waals surface area contributed by atoms with Crippen molar-refractivity contribution in [1.29, 1.82) is 0 Å². The number of carbonyl (C=O) groups is 1. The van der Waals surface area contributed by atoms with Gasteiger partial charge in [0.25, 0.3) is 5.91 Å². The van der Waals surface area contributed by atoms with Gasteiger partial charge in [0.2, 0.25) is 10.0 Å². The smallest absolute Gasteiger partial charge is 0.251 e. The molecule has 1 aromatic heterocycles. The number of aromatic amines is 1. The number of aromatic nitrogens is 1. The van der Waals surface area contributed by atoms with Gasteiger partial charge in [0, 0.05) is 69.0 Å². The lowest BCUT2D eigenvalue weighted by atomic mass is 9.90. The molecule has 0 saturated carbocycles. The van der Waals surface area contributed by atoms with Crippen molar-refractivity contribution in [2.45, 2.75) is 10.8 Å². The third kappa shape index (κ3) is 5.08. The van der Waals surface area contributed by atoms with Crippen molar-refractivity contribution in [3.05, 3.63) is 95.7 Å². The van der Waals surface area contributed by atoms with Gasteiger partial charge in [0.05, 0.1) is 4.90 Å². The zero-order valence-corrected chi connectivity index (χ0v) is 21.1. The second-order valence-corrected chi connectivity index (χ2v) is 11.0. The van der Waals surface area contributed by atoms with Crippen LogP contribution in [0.2, 0.25) is 0 Å². The van der Waals surface area contributed by atoms with Gasteiger partial charge in [-0.15, -0.1) is 0 Å². The highest BCUT2D eigenvalue weighted by molar-refractivity contribution is 7.89. The van der Waals surface area contributed by atoms with Crippen LogP contribution in [-0.2, 0) is 10.0 Å². The number of rotatable bonds is 8. The fraction of sp³-hybridized carbons (Fsp3) is 0.222. The minimum Gasteiger partial charge on any atom is -0.378 e. The number of amides is 1. The average molecular weight is 491 g/mol. The lowest BCUT2D eigenvalue weighted by Gasteiger charge is -2.20. The van der Waals surface area contributed by atoms with E-state index in [0.29, 0.717) is 12.1 Å². The van der Waals surface area contributed by atoms with E-state index in [1.165, 1.54) is 26.2 Å². The molecule has 0 spiro atoms. The molecule has 8 heteroatoms. The molecule has 0 aliphatic heterocycles. The van der Waals surface area contributed by atoms with Crippen LogP contribution in [0.15, 0.2) is 83.9 Å². The van der Waals surface area contributed by atoms with Gasteiger partial charge >= 0.3 is 0 Å². The van der Waals surface area contributed by atoms with Gasteiger partial charge < -0.3 is 15.2 Å². The molecule has 1 atom stereocenters. The summed E-state index contributed by atoms with van der Waals surface area (Å²) in [6, 6.07) is 22.5. The number of para-hydroxylation sites is 1. The summed E-state index contributed by atoms with van der Waals surface area (Å²) in [4.78, 5) is 18.5. The van der Waals surface area contributed by atoms with E-state index in [1.807, 2.05) is 43.4 Å². The van der Waals surface area contributed by atoms with Crippen LogP contribution in [0.5, 0.6) is 0 Å². The Balaban J connectivity index is 1.64. The van der Waals surface area contributed by atoms with Crippen LogP contribution in [0.4, 0.5) is 5.69 Å². The Morgan fingerprint density at radius 2 is 1.66 bits per heavy atom. The zero-order valence-electron chi connectivity index (χ0n) is 20.3. The molecule has 4 rings (SSSR count). The number of anilines is 1. The Kier molecular flexibility index (Phi) is 6.95. The molecule has 1 amide bonds. The Bertz CT molecular complexity index is 1440. The highest BCUT2D eigenvalue weighted by Crippen LogP contribution is 2.31. The first-order chi connectivity index (χ1) is 16.7. The molecule has 182 valence electrons. The number of nitrogens with one attached hydrogen (secondary N) is 2. The summed E-state index contributed by atoms with van der Waals surface area (Å²) in [6.45, 7) is 0.354. The Labute approximate surface area is 206 Å². The first-order valence-electron chi connectivity index (χ1n) is 11.3. The molecule has 3 aromatic carbocycles. The third-order valence-electron chi connectivity index (χ3n) is 6.15. The summed E-state index contributed by atoms with van der Waals surface area (Å²) >= 11 is 0. The Hall–Kier alpha value is -3.62. The Morgan fingerprint density at radius 1 is 0.943 bits per heavy atom. The highest BCUT2D eigenvalue weighted by atomic mass is 32.2. The summed E-state index contributed by atoms with van der Waals surface area (Å²) in [6.07, 6.45) is 1.99. The van der Waals surface area contributed by atoms with E-state index in [4.69, 9.17) is 0 Å². The minimum atomic E-state index is -3.63. The molecule has 2 N–H and O–H groups in total. The van der Waals surface area contributed by atoms with Crippen LogP contribution >= 0.6 is 0 Å². The van der Waals surface area contributed by atoms with Crippen molar-refractivity contribution >= 4 is 32.5 Å². The highest BCUT2D eigenvalue weighted by Gasteiger charge is 2.22. The summed E-state index contributed by atoms with van der Waals surface area (Å²) in [5.74, 6) is -0.421.